The summed E-state index contributed by atoms with van der Waals surface area (Å²) in [6.45, 7) is 2.57. The number of nitrogens with one attached hydrogen (secondary N) is 2. The van der Waals surface area contributed by atoms with E-state index in [1.165, 1.54) is 7.11 Å². The second-order valence-corrected chi connectivity index (χ2v) is 7.51. The highest BCUT2D eigenvalue weighted by Crippen LogP contribution is 2.40. The average molecular weight is 419 g/mol. The SMILES string of the molecule is CCCOc1ccc(C(=O)NNC(=O)c2cc(C3CC3)nc3ccccc23)cc1OC. The van der Waals surface area contributed by atoms with Crippen LogP contribution in [0.25, 0.3) is 10.9 Å². The van der Waals surface area contributed by atoms with Crippen molar-refractivity contribution in [3.8, 4) is 11.5 Å². The molecule has 0 radical (unpaired) electrons. The number of fused-ring (bicyclic) bond motifs is 1. The lowest BCUT2D eigenvalue weighted by Gasteiger charge is -2.13. The molecule has 2 amide bonds. The van der Waals surface area contributed by atoms with E-state index >= 15 is 0 Å². The van der Waals surface area contributed by atoms with Crippen molar-refractivity contribution in [1.82, 2.24) is 15.8 Å². The van der Waals surface area contributed by atoms with Crippen molar-refractivity contribution >= 4 is 22.7 Å². The number of hydrogen-bond acceptors (Lipinski definition) is 5. The molecule has 0 unspecified atom stereocenters. The molecule has 0 spiro atoms. The number of hydrazine groups is 1. The number of carbonyl (C=O) groups excluding carboxylic acids is 2. The summed E-state index contributed by atoms with van der Waals surface area (Å²) in [6, 6.07) is 14.2. The van der Waals surface area contributed by atoms with Gasteiger partial charge in [0.25, 0.3) is 11.8 Å². The Morgan fingerprint density at radius 1 is 1.03 bits per heavy atom. The Kier molecular flexibility index (Phi) is 6.02. The number of aromatic nitrogens is 1. The number of para-hydroxylation sites is 1. The van der Waals surface area contributed by atoms with Crippen molar-refractivity contribution in [2.75, 3.05) is 13.7 Å². The topological polar surface area (TPSA) is 89.6 Å². The first-order chi connectivity index (χ1) is 15.1. The van der Waals surface area contributed by atoms with Crippen molar-refractivity contribution in [2.45, 2.75) is 32.1 Å². The van der Waals surface area contributed by atoms with Gasteiger partial charge in [0.2, 0.25) is 0 Å². The van der Waals surface area contributed by atoms with Gasteiger partial charge in [0.05, 0.1) is 24.8 Å². The first-order valence-corrected chi connectivity index (χ1v) is 10.4. The standard InChI is InChI=1S/C24H25N3O4/c1-3-12-31-21-11-10-16(13-22(21)30-2)23(28)26-27-24(29)18-14-20(15-8-9-15)25-19-7-5-4-6-17(18)19/h4-7,10-11,13-15H,3,8-9,12H2,1-2H3,(H,26,28)(H,27,29). The van der Waals surface area contributed by atoms with E-state index in [0.717, 1.165) is 35.9 Å². The summed E-state index contributed by atoms with van der Waals surface area (Å²) in [5.41, 5.74) is 7.54. The molecule has 7 heteroatoms. The van der Waals surface area contributed by atoms with E-state index in [1.54, 1.807) is 18.2 Å². The van der Waals surface area contributed by atoms with Crippen LogP contribution in [-0.2, 0) is 0 Å². The van der Waals surface area contributed by atoms with Crippen LogP contribution >= 0.6 is 0 Å². The van der Waals surface area contributed by atoms with Crippen LogP contribution in [0.4, 0.5) is 0 Å². The molecule has 1 fully saturated rings. The zero-order valence-corrected chi connectivity index (χ0v) is 17.6. The minimum atomic E-state index is -0.450. The van der Waals surface area contributed by atoms with E-state index in [0.29, 0.717) is 35.2 Å². The van der Waals surface area contributed by atoms with E-state index in [-0.39, 0.29) is 5.91 Å². The van der Waals surface area contributed by atoms with E-state index in [1.807, 2.05) is 37.3 Å². The Labute approximate surface area is 180 Å². The molecule has 3 aromatic rings. The molecule has 0 saturated heterocycles. The molecule has 1 saturated carbocycles. The van der Waals surface area contributed by atoms with E-state index in [9.17, 15) is 9.59 Å². The van der Waals surface area contributed by atoms with Gasteiger partial charge in [-0.25, -0.2) is 0 Å². The highest BCUT2D eigenvalue weighted by molar-refractivity contribution is 6.07. The van der Waals surface area contributed by atoms with Gasteiger partial charge in [0.15, 0.2) is 11.5 Å². The Morgan fingerprint density at radius 3 is 2.55 bits per heavy atom. The van der Waals surface area contributed by atoms with Gasteiger partial charge in [-0.3, -0.25) is 25.4 Å². The van der Waals surface area contributed by atoms with Crippen LogP contribution in [0.2, 0.25) is 0 Å². The first-order valence-electron chi connectivity index (χ1n) is 10.4. The highest BCUT2D eigenvalue weighted by Gasteiger charge is 2.27. The number of amides is 2. The number of benzene rings is 2. The summed E-state index contributed by atoms with van der Waals surface area (Å²) in [4.78, 5) is 30.2. The van der Waals surface area contributed by atoms with Crippen LogP contribution in [0.1, 0.15) is 58.5 Å². The molecule has 2 N–H and O–H groups in total. The normalized spacial score (nSPS) is 13.0. The molecule has 0 atom stereocenters. The fraction of sp³-hybridized carbons (Fsp3) is 0.292. The molecule has 1 aliphatic rings. The largest absolute Gasteiger partial charge is 0.493 e. The zero-order chi connectivity index (χ0) is 21.8. The minimum Gasteiger partial charge on any atom is -0.493 e. The average Bonchev–Trinajstić information content (AvgIpc) is 3.65. The molecule has 0 aliphatic heterocycles. The molecular weight excluding hydrogens is 394 g/mol. The maximum Gasteiger partial charge on any atom is 0.270 e. The minimum absolute atomic E-state index is 0.347. The van der Waals surface area contributed by atoms with Crippen LogP contribution in [0.15, 0.2) is 48.5 Å². The van der Waals surface area contributed by atoms with Crippen molar-refractivity contribution < 1.29 is 19.1 Å². The van der Waals surface area contributed by atoms with Gasteiger partial charge in [-0.2, -0.15) is 0 Å². The quantitative estimate of drug-likeness (QED) is 0.566. The summed E-state index contributed by atoms with van der Waals surface area (Å²) in [7, 11) is 1.52. The first kappa shape index (κ1) is 20.7. The third kappa shape index (κ3) is 4.60. The fourth-order valence-electron chi connectivity index (χ4n) is 3.37. The van der Waals surface area contributed by atoms with Gasteiger partial charge in [0.1, 0.15) is 0 Å². The lowest BCUT2D eigenvalue weighted by molar-refractivity contribution is 0.0847. The molecular formula is C24H25N3O4. The van der Waals surface area contributed by atoms with Crippen molar-refractivity contribution in [1.29, 1.82) is 0 Å². The Bertz CT molecular complexity index is 1130. The van der Waals surface area contributed by atoms with Crippen LogP contribution in [0.3, 0.4) is 0 Å². The summed E-state index contributed by atoms with van der Waals surface area (Å²) >= 11 is 0. The van der Waals surface area contributed by atoms with Crippen LogP contribution in [0, 0.1) is 0 Å². The summed E-state index contributed by atoms with van der Waals surface area (Å²) in [5, 5.41) is 0.748. The van der Waals surface area contributed by atoms with Crippen LogP contribution in [0.5, 0.6) is 11.5 Å². The van der Waals surface area contributed by atoms with Gasteiger partial charge in [-0.05, 0) is 49.6 Å². The molecule has 160 valence electrons. The predicted octanol–water partition coefficient (Wildman–Crippen LogP) is 3.98. The maximum atomic E-state index is 12.9. The third-order valence-corrected chi connectivity index (χ3v) is 5.15. The van der Waals surface area contributed by atoms with Crippen molar-refractivity contribution in [3.05, 3.63) is 65.4 Å². The lowest BCUT2D eigenvalue weighted by Crippen LogP contribution is -2.41. The highest BCUT2D eigenvalue weighted by atomic mass is 16.5. The van der Waals surface area contributed by atoms with Crippen LogP contribution in [-0.4, -0.2) is 30.5 Å². The molecule has 1 aliphatic carbocycles. The van der Waals surface area contributed by atoms with E-state index in [4.69, 9.17) is 9.47 Å². The second kappa shape index (κ2) is 9.04. The molecule has 0 bridgehead atoms. The zero-order valence-electron chi connectivity index (χ0n) is 17.6. The monoisotopic (exact) mass is 419 g/mol. The number of rotatable bonds is 7. The molecule has 7 nitrogen and oxygen atoms in total. The van der Waals surface area contributed by atoms with Gasteiger partial charge >= 0.3 is 0 Å². The van der Waals surface area contributed by atoms with Gasteiger partial charge in [-0.1, -0.05) is 25.1 Å². The molecule has 2 aromatic carbocycles. The van der Waals surface area contributed by atoms with Gasteiger partial charge < -0.3 is 9.47 Å². The van der Waals surface area contributed by atoms with Gasteiger partial charge in [0, 0.05) is 22.6 Å². The molecule has 1 heterocycles. The number of nitrogens with zero attached hydrogens (tertiary/aromatic N) is 1. The summed E-state index contributed by atoms with van der Waals surface area (Å²) in [6.07, 6.45) is 3.04. The number of hydrogen-bond donors (Lipinski definition) is 2. The van der Waals surface area contributed by atoms with Crippen molar-refractivity contribution in [2.24, 2.45) is 0 Å². The summed E-state index contributed by atoms with van der Waals surface area (Å²) < 4.78 is 10.9. The lowest BCUT2D eigenvalue weighted by atomic mass is 10.1. The van der Waals surface area contributed by atoms with Gasteiger partial charge in [-0.15, -0.1) is 0 Å². The number of pyridine rings is 1. The number of methoxy groups -OCH3 is 1. The van der Waals surface area contributed by atoms with Crippen LogP contribution < -0.4 is 20.3 Å². The Balaban J connectivity index is 1.49. The second-order valence-electron chi connectivity index (χ2n) is 7.51. The smallest absolute Gasteiger partial charge is 0.270 e. The summed E-state index contributed by atoms with van der Waals surface area (Å²) in [5.74, 6) is 0.604. The molecule has 4 rings (SSSR count). The fourth-order valence-corrected chi connectivity index (χ4v) is 3.37. The van der Waals surface area contributed by atoms with Crippen molar-refractivity contribution in [3.63, 3.8) is 0 Å². The Hall–Kier alpha value is -3.61. The third-order valence-electron chi connectivity index (χ3n) is 5.15. The van der Waals surface area contributed by atoms with E-state index in [2.05, 4.69) is 15.8 Å². The molecule has 31 heavy (non-hydrogen) atoms. The number of carbonyl (C=O) groups is 2. The van der Waals surface area contributed by atoms with E-state index < -0.39 is 5.91 Å². The maximum absolute atomic E-state index is 12.9. The number of ether oxygens (including phenoxy) is 2. The molecule has 1 aromatic heterocycles. The predicted molar refractivity (Wildman–Crippen MR) is 117 cm³/mol. The Morgan fingerprint density at radius 2 is 1.81 bits per heavy atom.